The van der Waals surface area contributed by atoms with Gasteiger partial charge in [0.15, 0.2) is 0 Å². The van der Waals surface area contributed by atoms with E-state index in [0.29, 0.717) is 12.1 Å². The maximum atomic E-state index is 4.44. The van der Waals surface area contributed by atoms with Crippen molar-refractivity contribution in [1.82, 2.24) is 29.5 Å². The molecular weight excluding hydrogens is 288 g/mol. The lowest BCUT2D eigenvalue weighted by Gasteiger charge is -2.39. The molecule has 1 saturated heterocycles. The Morgan fingerprint density at radius 3 is 2.70 bits per heavy atom. The van der Waals surface area contributed by atoms with Crippen molar-refractivity contribution in [3.63, 3.8) is 0 Å². The lowest BCUT2D eigenvalue weighted by molar-refractivity contribution is 0.0979. The number of aromatic nitrogens is 4. The lowest BCUT2D eigenvalue weighted by Crippen LogP contribution is -2.45. The number of piperidine rings is 1. The highest BCUT2D eigenvalue weighted by Crippen LogP contribution is 2.24. The van der Waals surface area contributed by atoms with Crippen molar-refractivity contribution in [1.29, 1.82) is 0 Å². The maximum absolute atomic E-state index is 4.44. The minimum absolute atomic E-state index is 0.310. The van der Waals surface area contributed by atoms with Crippen LogP contribution in [0.5, 0.6) is 0 Å². The molecule has 3 heterocycles. The zero-order chi connectivity index (χ0) is 16.1. The average molecular weight is 314 g/mol. The quantitative estimate of drug-likeness (QED) is 0.814. The summed E-state index contributed by atoms with van der Waals surface area (Å²) >= 11 is 0. The Hall–Kier alpha value is -1.79. The Balaban J connectivity index is 1.46. The third-order valence-electron chi connectivity index (χ3n) is 4.96. The first-order valence-electron chi connectivity index (χ1n) is 8.41. The van der Waals surface area contributed by atoms with Crippen LogP contribution < -0.4 is 0 Å². The molecule has 0 aliphatic carbocycles. The predicted octanol–water partition coefficient (Wildman–Crippen LogP) is 1.83. The summed E-state index contributed by atoms with van der Waals surface area (Å²) in [5.41, 5.74) is 1.05. The molecule has 2 aromatic rings. The molecule has 2 aromatic heterocycles. The molecule has 6 nitrogen and oxygen atoms in total. The van der Waals surface area contributed by atoms with E-state index in [0.717, 1.165) is 31.9 Å². The highest BCUT2D eigenvalue weighted by Gasteiger charge is 2.26. The fourth-order valence-electron chi connectivity index (χ4n) is 3.28. The van der Waals surface area contributed by atoms with Gasteiger partial charge in [0.2, 0.25) is 0 Å². The number of hydrogen-bond donors (Lipinski definition) is 0. The van der Waals surface area contributed by atoms with Gasteiger partial charge in [-0.3, -0.25) is 19.5 Å². The molecule has 0 N–H and O–H groups in total. The van der Waals surface area contributed by atoms with E-state index in [9.17, 15) is 0 Å². The van der Waals surface area contributed by atoms with Gasteiger partial charge in [0, 0.05) is 43.6 Å². The van der Waals surface area contributed by atoms with Crippen LogP contribution in [-0.2, 0) is 6.54 Å². The third-order valence-corrected chi connectivity index (χ3v) is 4.96. The molecule has 0 unspecified atom stereocenters. The molecule has 0 aromatic carbocycles. The second kappa shape index (κ2) is 7.66. The monoisotopic (exact) mass is 314 g/mol. The molecule has 6 heteroatoms. The Bertz CT molecular complexity index is 562. The van der Waals surface area contributed by atoms with Crippen molar-refractivity contribution in [3.05, 3.63) is 42.7 Å². The van der Waals surface area contributed by atoms with E-state index in [-0.39, 0.29) is 0 Å². The molecule has 1 atom stereocenters. The average Bonchev–Trinajstić information content (AvgIpc) is 3.13. The maximum Gasteiger partial charge on any atom is 0.0755 e. The van der Waals surface area contributed by atoms with Gasteiger partial charge in [0.1, 0.15) is 0 Å². The van der Waals surface area contributed by atoms with Gasteiger partial charge >= 0.3 is 0 Å². The van der Waals surface area contributed by atoms with Crippen molar-refractivity contribution in [2.24, 2.45) is 0 Å². The van der Waals surface area contributed by atoms with E-state index in [2.05, 4.69) is 38.8 Å². The summed E-state index contributed by atoms with van der Waals surface area (Å²) in [4.78, 5) is 13.6. The second-order valence-electron chi connectivity index (χ2n) is 6.31. The Morgan fingerprint density at radius 1 is 1.22 bits per heavy atom. The fraction of sp³-hybridized carbons (Fsp3) is 0.588. The van der Waals surface area contributed by atoms with Crippen LogP contribution in [0.2, 0.25) is 0 Å². The minimum Gasteiger partial charge on any atom is -0.301 e. The van der Waals surface area contributed by atoms with Crippen molar-refractivity contribution < 1.29 is 0 Å². The fourth-order valence-corrected chi connectivity index (χ4v) is 3.28. The molecule has 0 bridgehead atoms. The number of likely N-dealkylation sites (tertiary alicyclic amines) is 1. The van der Waals surface area contributed by atoms with Crippen molar-refractivity contribution in [3.8, 4) is 0 Å². The molecule has 0 radical (unpaired) electrons. The second-order valence-corrected chi connectivity index (χ2v) is 6.31. The summed E-state index contributed by atoms with van der Waals surface area (Å²) in [6, 6.07) is 2.91. The Morgan fingerprint density at radius 2 is 2.04 bits per heavy atom. The van der Waals surface area contributed by atoms with Crippen LogP contribution in [-0.4, -0.2) is 62.3 Å². The first-order valence-corrected chi connectivity index (χ1v) is 8.41. The van der Waals surface area contributed by atoms with Gasteiger partial charge in [-0.1, -0.05) is 0 Å². The summed E-state index contributed by atoms with van der Waals surface area (Å²) < 4.78 is 2.01. The molecule has 0 amide bonds. The lowest BCUT2D eigenvalue weighted by atomic mass is 10.0. The van der Waals surface area contributed by atoms with E-state index >= 15 is 0 Å². The van der Waals surface area contributed by atoms with Gasteiger partial charge in [0.25, 0.3) is 0 Å². The zero-order valence-corrected chi connectivity index (χ0v) is 14.0. The summed E-state index contributed by atoms with van der Waals surface area (Å²) in [5, 5.41) is 4.27. The Kier molecular flexibility index (Phi) is 5.35. The highest BCUT2D eigenvalue weighted by atomic mass is 15.3. The smallest absolute Gasteiger partial charge is 0.0755 e. The molecule has 1 aliphatic rings. The van der Waals surface area contributed by atoms with Crippen LogP contribution >= 0.6 is 0 Å². The molecule has 1 fully saturated rings. The van der Waals surface area contributed by atoms with E-state index in [4.69, 9.17) is 0 Å². The van der Waals surface area contributed by atoms with Crippen molar-refractivity contribution in [2.75, 3.05) is 26.7 Å². The highest BCUT2D eigenvalue weighted by molar-refractivity contribution is 5.02. The minimum atomic E-state index is 0.310. The molecule has 23 heavy (non-hydrogen) atoms. The Labute approximate surface area is 138 Å². The molecule has 0 spiro atoms. The normalized spacial score (nSPS) is 18.4. The number of nitrogens with zero attached hydrogens (tertiary/aromatic N) is 6. The van der Waals surface area contributed by atoms with Crippen LogP contribution in [0, 0.1) is 0 Å². The van der Waals surface area contributed by atoms with Crippen LogP contribution in [0.4, 0.5) is 0 Å². The van der Waals surface area contributed by atoms with Gasteiger partial charge in [-0.2, -0.15) is 5.10 Å². The van der Waals surface area contributed by atoms with Crippen LogP contribution in [0.25, 0.3) is 0 Å². The van der Waals surface area contributed by atoms with Crippen LogP contribution in [0.3, 0.4) is 0 Å². The van der Waals surface area contributed by atoms with Gasteiger partial charge in [-0.25, -0.2) is 0 Å². The molecular formula is C17H26N6. The number of hydrogen-bond acceptors (Lipinski definition) is 5. The molecule has 3 rings (SSSR count). The molecule has 1 aliphatic heterocycles. The van der Waals surface area contributed by atoms with E-state index in [1.165, 1.54) is 12.8 Å². The summed E-state index contributed by atoms with van der Waals surface area (Å²) in [5.74, 6) is 0. The SMILES string of the molecule is C[C@H](c1cnccn1)N(C)C1CCN(CCn2cccn2)CC1. The summed E-state index contributed by atoms with van der Waals surface area (Å²) in [7, 11) is 2.21. The van der Waals surface area contributed by atoms with E-state index in [1.807, 2.05) is 29.3 Å². The topological polar surface area (TPSA) is 50.1 Å². The van der Waals surface area contributed by atoms with Crippen LogP contribution in [0.1, 0.15) is 31.5 Å². The zero-order valence-electron chi connectivity index (χ0n) is 14.0. The van der Waals surface area contributed by atoms with Gasteiger partial charge in [-0.05, 0) is 46.0 Å². The van der Waals surface area contributed by atoms with Gasteiger partial charge in [-0.15, -0.1) is 0 Å². The number of rotatable bonds is 6. The van der Waals surface area contributed by atoms with E-state index in [1.54, 1.807) is 12.4 Å². The van der Waals surface area contributed by atoms with Crippen molar-refractivity contribution >= 4 is 0 Å². The molecule has 0 saturated carbocycles. The summed E-state index contributed by atoms with van der Waals surface area (Å²) in [6.45, 7) is 6.59. The van der Waals surface area contributed by atoms with Crippen molar-refractivity contribution in [2.45, 2.75) is 38.4 Å². The van der Waals surface area contributed by atoms with Crippen LogP contribution in [0.15, 0.2) is 37.1 Å². The first kappa shape index (κ1) is 16.1. The first-order chi connectivity index (χ1) is 11.2. The standard InChI is InChI=1S/C17H26N6/c1-15(17-14-18-7-8-19-17)21(2)16-4-10-22(11-5-16)12-13-23-9-3-6-20-23/h3,6-9,14-16H,4-5,10-13H2,1-2H3/t15-/m1/s1. The molecule has 124 valence electrons. The largest absolute Gasteiger partial charge is 0.301 e. The van der Waals surface area contributed by atoms with E-state index < -0.39 is 0 Å². The van der Waals surface area contributed by atoms with Gasteiger partial charge in [0.05, 0.1) is 18.3 Å². The third kappa shape index (κ3) is 4.14. The predicted molar refractivity (Wildman–Crippen MR) is 89.9 cm³/mol. The summed E-state index contributed by atoms with van der Waals surface area (Å²) in [6.07, 6.45) is 11.7. The van der Waals surface area contributed by atoms with Gasteiger partial charge < -0.3 is 4.90 Å².